The Balaban J connectivity index is 0. The number of H-pyrrole nitrogens is 1. The first kappa shape index (κ1) is 29.1. The summed E-state index contributed by atoms with van der Waals surface area (Å²) in [5.74, 6) is 1.83. The molecule has 0 atom stereocenters. The third-order valence-corrected chi connectivity index (χ3v) is 2.83. The van der Waals surface area contributed by atoms with Crippen LogP contribution in [0.25, 0.3) is 0 Å². The maximum Gasteiger partial charge on any atom is 0.373 e. The molecule has 30 heavy (non-hydrogen) atoms. The lowest BCUT2D eigenvalue weighted by Gasteiger charge is -1.99. The van der Waals surface area contributed by atoms with Crippen LogP contribution >= 0.6 is 0 Å². The number of aliphatic hydroxyl groups excluding tert-OH is 1. The van der Waals surface area contributed by atoms with E-state index in [0.29, 0.717) is 19.2 Å². The quantitative estimate of drug-likeness (QED) is 0.112. The Morgan fingerprint density at radius 2 is 1.63 bits per heavy atom. The Morgan fingerprint density at radius 3 is 2.03 bits per heavy atom. The van der Waals surface area contributed by atoms with E-state index in [9.17, 15) is 19.2 Å². The molecule has 0 unspecified atom stereocenters. The van der Waals surface area contributed by atoms with Crippen LogP contribution in [0.2, 0.25) is 0 Å². The fraction of sp³-hybridized carbons (Fsp3) is 0.556. The summed E-state index contributed by atoms with van der Waals surface area (Å²) >= 11 is 0. The molecule has 0 aliphatic rings. The normalized spacial score (nSPS) is 10.0. The molecule has 1 rings (SSSR count). The molecule has 0 aromatic carbocycles. The Hall–Kier alpha value is -3.12. The number of carbonyl (C=O) groups excluding carboxylic acids is 3. The zero-order valence-corrected chi connectivity index (χ0v) is 18.0. The van der Waals surface area contributed by atoms with Gasteiger partial charge in [0.05, 0.1) is 25.9 Å². The van der Waals surface area contributed by atoms with E-state index in [1.165, 1.54) is 10.7 Å². The maximum atomic E-state index is 11.1. The van der Waals surface area contributed by atoms with Crippen LogP contribution in [0, 0.1) is 0 Å². The molecule has 1 aromatic rings. The van der Waals surface area contributed by atoms with E-state index in [1.54, 1.807) is 20.8 Å². The molecule has 12 nitrogen and oxygen atoms in total. The van der Waals surface area contributed by atoms with Gasteiger partial charge in [0.1, 0.15) is 5.69 Å². The average Bonchev–Trinajstić information content (AvgIpc) is 3.10. The minimum Gasteiger partial charge on any atom is -0.502 e. The van der Waals surface area contributed by atoms with E-state index >= 15 is 0 Å². The highest BCUT2D eigenvalue weighted by Gasteiger charge is 2.11. The van der Waals surface area contributed by atoms with Crippen molar-refractivity contribution in [2.45, 2.75) is 41.2 Å². The van der Waals surface area contributed by atoms with E-state index < -0.39 is 23.7 Å². The van der Waals surface area contributed by atoms with Crippen LogP contribution in [0.15, 0.2) is 22.7 Å². The standard InChI is InChI=1S/C8H12N2O3.C8H12O5.C2H8N2/c1-3-10-7(11)5-6(9-10)8(12)13-4-2;1-3-12-7(10)5-6(9)8(11)13-4-2;1-2-4-3/h2*5,9H,3-4H2,1-2H3;4H,2-3H2,1H3/b;6-5-;. The van der Waals surface area contributed by atoms with E-state index in [-0.39, 0.29) is 24.5 Å². The third kappa shape index (κ3) is 13.1. The Labute approximate surface area is 174 Å². The lowest BCUT2D eigenvalue weighted by molar-refractivity contribution is -0.143. The van der Waals surface area contributed by atoms with E-state index in [0.717, 1.165) is 6.54 Å². The number of rotatable bonds is 8. The highest BCUT2D eigenvalue weighted by Crippen LogP contribution is 1.95. The fourth-order valence-electron chi connectivity index (χ4n) is 1.54. The molecule has 0 spiro atoms. The van der Waals surface area contributed by atoms with Crippen molar-refractivity contribution in [2.24, 2.45) is 5.84 Å². The number of aryl methyl sites for hydroxylation is 1. The summed E-state index contributed by atoms with van der Waals surface area (Å²) < 4.78 is 14.9. The van der Waals surface area contributed by atoms with Gasteiger partial charge >= 0.3 is 17.9 Å². The van der Waals surface area contributed by atoms with Gasteiger partial charge in [0.25, 0.3) is 5.56 Å². The lowest BCUT2D eigenvalue weighted by Crippen LogP contribution is -2.20. The number of hydrogen-bond donors (Lipinski definition) is 4. The maximum absolute atomic E-state index is 11.1. The number of hydrogen-bond acceptors (Lipinski definition) is 10. The largest absolute Gasteiger partial charge is 0.502 e. The molecular weight excluding hydrogens is 400 g/mol. The zero-order valence-electron chi connectivity index (χ0n) is 18.0. The van der Waals surface area contributed by atoms with Gasteiger partial charge in [-0.15, -0.1) is 0 Å². The van der Waals surface area contributed by atoms with Crippen molar-refractivity contribution < 1.29 is 33.7 Å². The van der Waals surface area contributed by atoms with Crippen molar-refractivity contribution >= 4 is 17.9 Å². The molecule has 1 aromatic heterocycles. The molecule has 1 heterocycles. The van der Waals surface area contributed by atoms with Crippen LogP contribution in [-0.4, -0.2) is 59.2 Å². The summed E-state index contributed by atoms with van der Waals surface area (Å²) in [7, 11) is 0. The summed E-state index contributed by atoms with van der Waals surface area (Å²) in [4.78, 5) is 43.7. The van der Waals surface area contributed by atoms with E-state index in [1.807, 2.05) is 13.8 Å². The number of nitrogens with two attached hydrogens (primary N) is 1. The average molecular weight is 432 g/mol. The molecule has 0 saturated heterocycles. The monoisotopic (exact) mass is 432 g/mol. The molecule has 0 aliphatic heterocycles. The van der Waals surface area contributed by atoms with Crippen molar-refractivity contribution in [1.82, 2.24) is 15.2 Å². The lowest BCUT2D eigenvalue weighted by atomic mass is 10.4. The molecule has 0 aliphatic carbocycles. The minimum atomic E-state index is -0.935. The van der Waals surface area contributed by atoms with Gasteiger partial charge in [-0.2, -0.15) is 0 Å². The second kappa shape index (κ2) is 17.9. The van der Waals surface area contributed by atoms with Crippen LogP contribution in [0.5, 0.6) is 0 Å². The van der Waals surface area contributed by atoms with Crippen LogP contribution < -0.4 is 16.8 Å². The summed E-state index contributed by atoms with van der Waals surface area (Å²) in [6.45, 7) is 10.7. The third-order valence-electron chi connectivity index (χ3n) is 2.83. The van der Waals surface area contributed by atoms with Gasteiger partial charge in [-0.25, -0.2) is 14.4 Å². The molecule has 5 N–H and O–H groups in total. The van der Waals surface area contributed by atoms with E-state index in [2.05, 4.69) is 20.0 Å². The molecule has 12 heteroatoms. The second-order valence-corrected chi connectivity index (χ2v) is 5.03. The molecule has 172 valence electrons. The number of carbonyl (C=O) groups is 3. The Kier molecular flexibility index (Phi) is 17.4. The van der Waals surface area contributed by atoms with Crippen LogP contribution in [0.1, 0.15) is 45.1 Å². The van der Waals surface area contributed by atoms with Crippen LogP contribution in [-0.2, 0) is 30.3 Å². The Morgan fingerprint density at radius 1 is 1.10 bits per heavy atom. The summed E-state index contributed by atoms with van der Waals surface area (Å²) in [5.41, 5.74) is 2.42. The summed E-state index contributed by atoms with van der Waals surface area (Å²) in [6.07, 6.45) is 0.682. The SMILES string of the molecule is CCNN.CCOC(=O)/C=C(\O)C(=O)OCC.CCOC(=O)c1cc(=O)n(CC)[nH]1. The highest BCUT2D eigenvalue weighted by molar-refractivity contribution is 5.94. The predicted octanol–water partition coefficient (Wildman–Crippen LogP) is 0.397. The van der Waals surface area contributed by atoms with Gasteiger partial charge < -0.3 is 19.3 Å². The molecule has 0 amide bonds. The van der Waals surface area contributed by atoms with Crippen LogP contribution in [0.3, 0.4) is 0 Å². The zero-order chi connectivity index (χ0) is 23.5. The van der Waals surface area contributed by atoms with E-state index in [4.69, 9.17) is 15.7 Å². The number of esters is 3. The van der Waals surface area contributed by atoms with Crippen molar-refractivity contribution in [1.29, 1.82) is 0 Å². The summed E-state index contributed by atoms with van der Waals surface area (Å²) in [6, 6.07) is 1.24. The molecule has 0 saturated carbocycles. The first-order chi connectivity index (χ1) is 14.2. The smallest absolute Gasteiger partial charge is 0.373 e. The molecule has 0 bridgehead atoms. The van der Waals surface area contributed by atoms with Crippen molar-refractivity contribution in [3.63, 3.8) is 0 Å². The minimum absolute atomic E-state index is 0.138. The first-order valence-electron chi connectivity index (χ1n) is 9.36. The number of nitrogens with zero attached hydrogens (tertiary/aromatic N) is 1. The van der Waals surface area contributed by atoms with Gasteiger partial charge in [0, 0.05) is 19.2 Å². The number of aromatic nitrogens is 2. The van der Waals surface area contributed by atoms with Gasteiger partial charge in [0.15, 0.2) is 0 Å². The van der Waals surface area contributed by atoms with Crippen molar-refractivity contribution in [3.05, 3.63) is 33.9 Å². The van der Waals surface area contributed by atoms with Gasteiger partial charge in [0.2, 0.25) is 5.76 Å². The van der Waals surface area contributed by atoms with Crippen molar-refractivity contribution in [3.8, 4) is 0 Å². The summed E-state index contributed by atoms with van der Waals surface area (Å²) in [5, 5.41) is 11.6. The molecule has 0 fully saturated rings. The second-order valence-electron chi connectivity index (χ2n) is 5.03. The van der Waals surface area contributed by atoms with Gasteiger partial charge in [-0.05, 0) is 27.7 Å². The van der Waals surface area contributed by atoms with Gasteiger partial charge in [-0.3, -0.25) is 25.8 Å². The first-order valence-corrected chi connectivity index (χ1v) is 9.36. The topological polar surface area (TPSA) is 175 Å². The van der Waals surface area contributed by atoms with Crippen molar-refractivity contribution in [2.75, 3.05) is 26.4 Å². The number of aliphatic hydroxyl groups is 1. The molecule has 0 radical (unpaired) electrons. The predicted molar refractivity (Wildman–Crippen MR) is 109 cm³/mol. The number of aromatic amines is 1. The number of nitrogens with one attached hydrogen (secondary N) is 2. The number of hydrazine groups is 1. The van der Waals surface area contributed by atoms with Crippen LogP contribution in [0.4, 0.5) is 0 Å². The Bertz CT molecular complexity index is 722. The highest BCUT2D eigenvalue weighted by atomic mass is 16.5. The fourth-order valence-corrected chi connectivity index (χ4v) is 1.54. The van der Waals surface area contributed by atoms with Gasteiger partial charge in [-0.1, -0.05) is 6.92 Å². The number of ether oxygens (including phenoxy) is 3. The molecular formula is C18H32N4O8.